The van der Waals surface area contributed by atoms with Crippen LogP contribution in [0.25, 0.3) is 0 Å². The normalized spacial score (nSPS) is 17.0. The molecule has 0 saturated heterocycles. The first-order chi connectivity index (χ1) is 5.52. The van der Waals surface area contributed by atoms with E-state index in [0.717, 1.165) is 18.9 Å². The Balaban J connectivity index is 2.63. The van der Waals surface area contributed by atoms with Gasteiger partial charge in [-0.2, -0.15) is 0 Å². The largest absolute Gasteiger partial charge is 0.481 e. The summed E-state index contributed by atoms with van der Waals surface area (Å²) in [5.41, 5.74) is -0.359. The fraction of sp³-hybridized carbons (Fsp3) is 0.750. The predicted octanol–water partition coefficient (Wildman–Crippen LogP) is 0.489. The third-order valence-corrected chi connectivity index (χ3v) is 1.91. The second-order valence-electron chi connectivity index (χ2n) is 3.61. The molecule has 0 amide bonds. The number of carboxylic acids is 1. The zero-order chi connectivity index (χ0) is 9.19. The van der Waals surface area contributed by atoms with Crippen molar-refractivity contribution in [2.24, 2.45) is 10.4 Å². The van der Waals surface area contributed by atoms with Crippen molar-refractivity contribution < 1.29 is 9.90 Å². The number of carbonyl (C=O) groups is 1. The number of amidine groups is 1. The van der Waals surface area contributed by atoms with Crippen LogP contribution in [0.15, 0.2) is 4.99 Å². The minimum atomic E-state index is -0.781. The lowest BCUT2D eigenvalue weighted by Crippen LogP contribution is -2.35. The Morgan fingerprint density at radius 2 is 2.42 bits per heavy atom. The van der Waals surface area contributed by atoms with Crippen molar-refractivity contribution in [3.05, 3.63) is 0 Å². The first-order valence-electron chi connectivity index (χ1n) is 4.03. The lowest BCUT2D eigenvalue weighted by atomic mass is 9.88. The highest BCUT2D eigenvalue weighted by Gasteiger charge is 2.29. The monoisotopic (exact) mass is 170 g/mol. The van der Waals surface area contributed by atoms with Gasteiger partial charge in [0.05, 0.1) is 13.0 Å². The fourth-order valence-corrected chi connectivity index (χ4v) is 1.31. The average molecular weight is 170 g/mol. The van der Waals surface area contributed by atoms with Crippen LogP contribution in [0.1, 0.15) is 20.3 Å². The zero-order valence-corrected chi connectivity index (χ0v) is 7.42. The summed E-state index contributed by atoms with van der Waals surface area (Å²) in [6, 6.07) is 0. The van der Waals surface area contributed by atoms with E-state index in [1.54, 1.807) is 0 Å². The smallest absolute Gasteiger partial charge is 0.304 e. The van der Waals surface area contributed by atoms with Crippen LogP contribution in [0.2, 0.25) is 0 Å². The van der Waals surface area contributed by atoms with Crippen molar-refractivity contribution >= 4 is 11.8 Å². The van der Waals surface area contributed by atoms with Crippen LogP contribution in [-0.2, 0) is 4.79 Å². The molecule has 0 unspecified atom stereocenters. The van der Waals surface area contributed by atoms with Crippen molar-refractivity contribution in [2.75, 3.05) is 13.1 Å². The van der Waals surface area contributed by atoms with E-state index >= 15 is 0 Å². The molecule has 1 rings (SSSR count). The summed E-state index contributed by atoms with van der Waals surface area (Å²) in [6.45, 7) is 5.37. The highest BCUT2D eigenvalue weighted by atomic mass is 16.4. The van der Waals surface area contributed by atoms with Crippen molar-refractivity contribution in [1.29, 1.82) is 0 Å². The SMILES string of the molecule is CC(C)(CC(=O)O)C1=NCCN1. The van der Waals surface area contributed by atoms with E-state index in [1.807, 2.05) is 13.8 Å². The molecular formula is C8H14N2O2. The molecule has 0 fully saturated rings. The van der Waals surface area contributed by atoms with Crippen molar-refractivity contribution in [3.63, 3.8) is 0 Å². The summed E-state index contributed by atoms with van der Waals surface area (Å²) < 4.78 is 0. The van der Waals surface area contributed by atoms with Crippen LogP contribution in [0.5, 0.6) is 0 Å². The molecular weight excluding hydrogens is 156 g/mol. The number of nitrogens with zero attached hydrogens (tertiary/aromatic N) is 1. The third-order valence-electron chi connectivity index (χ3n) is 1.91. The molecule has 0 aromatic rings. The van der Waals surface area contributed by atoms with Crippen LogP contribution in [0.4, 0.5) is 0 Å². The maximum atomic E-state index is 10.5. The van der Waals surface area contributed by atoms with Crippen molar-refractivity contribution in [3.8, 4) is 0 Å². The van der Waals surface area contributed by atoms with Gasteiger partial charge in [-0.1, -0.05) is 13.8 Å². The summed E-state index contributed by atoms with van der Waals surface area (Å²) in [5, 5.41) is 11.7. The van der Waals surface area contributed by atoms with Crippen LogP contribution in [-0.4, -0.2) is 30.0 Å². The topological polar surface area (TPSA) is 61.7 Å². The first kappa shape index (κ1) is 9.03. The van der Waals surface area contributed by atoms with E-state index in [2.05, 4.69) is 10.3 Å². The molecule has 1 aliphatic heterocycles. The van der Waals surface area contributed by atoms with Gasteiger partial charge in [-0.05, 0) is 0 Å². The fourth-order valence-electron chi connectivity index (χ4n) is 1.31. The number of nitrogens with one attached hydrogen (secondary N) is 1. The molecule has 0 aliphatic carbocycles. The van der Waals surface area contributed by atoms with Crippen LogP contribution in [0, 0.1) is 5.41 Å². The highest BCUT2D eigenvalue weighted by Crippen LogP contribution is 2.22. The molecule has 0 spiro atoms. The highest BCUT2D eigenvalue weighted by molar-refractivity contribution is 5.91. The Morgan fingerprint density at radius 1 is 1.75 bits per heavy atom. The standard InChI is InChI=1S/C8H14N2O2/c1-8(2,5-6(11)12)7-9-3-4-10-7/h3-5H2,1-2H3,(H,9,10)(H,11,12). The lowest BCUT2D eigenvalue weighted by Gasteiger charge is -2.22. The van der Waals surface area contributed by atoms with E-state index in [4.69, 9.17) is 5.11 Å². The summed E-state index contributed by atoms with van der Waals surface area (Å²) in [4.78, 5) is 14.7. The number of rotatable bonds is 3. The molecule has 1 heterocycles. The molecule has 0 bridgehead atoms. The van der Waals surface area contributed by atoms with E-state index in [-0.39, 0.29) is 11.8 Å². The molecule has 2 N–H and O–H groups in total. The van der Waals surface area contributed by atoms with Gasteiger partial charge in [-0.15, -0.1) is 0 Å². The summed E-state index contributed by atoms with van der Waals surface area (Å²) >= 11 is 0. The minimum absolute atomic E-state index is 0.124. The number of hydrogen-bond acceptors (Lipinski definition) is 3. The number of hydrogen-bond donors (Lipinski definition) is 2. The maximum absolute atomic E-state index is 10.5. The molecule has 68 valence electrons. The lowest BCUT2D eigenvalue weighted by molar-refractivity contribution is -0.138. The average Bonchev–Trinajstić information content (AvgIpc) is 2.32. The van der Waals surface area contributed by atoms with E-state index in [9.17, 15) is 4.79 Å². The Bertz CT molecular complexity index is 221. The third kappa shape index (κ3) is 1.96. The molecule has 0 atom stereocenters. The number of aliphatic carboxylic acids is 1. The molecule has 0 aromatic heterocycles. The van der Waals surface area contributed by atoms with E-state index < -0.39 is 5.97 Å². The van der Waals surface area contributed by atoms with Gasteiger partial charge in [0.1, 0.15) is 5.84 Å². The summed E-state index contributed by atoms with van der Waals surface area (Å²) in [7, 11) is 0. The van der Waals surface area contributed by atoms with Gasteiger partial charge >= 0.3 is 5.97 Å². The minimum Gasteiger partial charge on any atom is -0.481 e. The summed E-state index contributed by atoms with van der Waals surface area (Å²) in [6.07, 6.45) is 0.124. The van der Waals surface area contributed by atoms with Gasteiger partial charge in [0.15, 0.2) is 0 Å². The Labute approximate surface area is 71.7 Å². The molecule has 0 aromatic carbocycles. The van der Waals surface area contributed by atoms with Crippen molar-refractivity contribution in [2.45, 2.75) is 20.3 Å². The van der Waals surface area contributed by atoms with Gasteiger partial charge < -0.3 is 10.4 Å². The van der Waals surface area contributed by atoms with Crippen LogP contribution < -0.4 is 5.32 Å². The molecule has 0 saturated carbocycles. The van der Waals surface area contributed by atoms with Gasteiger partial charge in [-0.25, -0.2) is 0 Å². The molecule has 0 radical (unpaired) electrons. The van der Waals surface area contributed by atoms with E-state index in [1.165, 1.54) is 0 Å². The molecule has 1 aliphatic rings. The maximum Gasteiger partial charge on any atom is 0.304 e. The van der Waals surface area contributed by atoms with E-state index in [0.29, 0.717) is 0 Å². The summed E-state index contributed by atoms with van der Waals surface area (Å²) in [5.74, 6) is 0.0429. The Hall–Kier alpha value is -1.06. The quantitative estimate of drug-likeness (QED) is 0.648. The number of aliphatic imine (C=N–C) groups is 1. The molecule has 12 heavy (non-hydrogen) atoms. The molecule has 4 nitrogen and oxygen atoms in total. The van der Waals surface area contributed by atoms with Gasteiger partial charge in [0.2, 0.25) is 0 Å². The second kappa shape index (κ2) is 3.13. The van der Waals surface area contributed by atoms with Gasteiger partial charge in [0, 0.05) is 12.0 Å². The Kier molecular flexibility index (Phi) is 2.35. The van der Waals surface area contributed by atoms with Crippen LogP contribution >= 0.6 is 0 Å². The molecule has 4 heteroatoms. The van der Waals surface area contributed by atoms with Crippen molar-refractivity contribution in [1.82, 2.24) is 5.32 Å². The van der Waals surface area contributed by atoms with Crippen LogP contribution in [0.3, 0.4) is 0 Å². The van der Waals surface area contributed by atoms with Gasteiger partial charge in [0.25, 0.3) is 0 Å². The predicted molar refractivity (Wildman–Crippen MR) is 46.3 cm³/mol. The first-order valence-corrected chi connectivity index (χ1v) is 4.03. The number of carboxylic acid groups (broad SMARTS) is 1. The zero-order valence-electron chi connectivity index (χ0n) is 7.42. The van der Waals surface area contributed by atoms with Gasteiger partial charge in [-0.3, -0.25) is 9.79 Å². The second-order valence-corrected chi connectivity index (χ2v) is 3.61. The Morgan fingerprint density at radius 3 is 2.83 bits per heavy atom.